The van der Waals surface area contributed by atoms with Crippen LogP contribution in [0.15, 0.2) is 0 Å². The van der Waals surface area contributed by atoms with Gasteiger partial charge in [-0.1, -0.05) is 12.8 Å². The molecule has 1 aliphatic carbocycles. The van der Waals surface area contributed by atoms with Gasteiger partial charge in [-0.2, -0.15) is 0 Å². The van der Waals surface area contributed by atoms with E-state index in [1.807, 2.05) is 0 Å². The van der Waals surface area contributed by atoms with Crippen LogP contribution in [0.3, 0.4) is 0 Å². The van der Waals surface area contributed by atoms with Gasteiger partial charge >= 0.3 is 0 Å². The van der Waals surface area contributed by atoms with Crippen LogP contribution in [0.4, 0.5) is 0 Å². The highest BCUT2D eigenvalue weighted by molar-refractivity contribution is 5.85. The molecule has 1 saturated heterocycles. The van der Waals surface area contributed by atoms with E-state index < -0.39 is 0 Å². The number of carbonyl (C=O) groups excluding carboxylic acids is 1. The van der Waals surface area contributed by atoms with Crippen molar-refractivity contribution in [3.63, 3.8) is 0 Å². The quantitative estimate of drug-likeness (QED) is 0.806. The van der Waals surface area contributed by atoms with Gasteiger partial charge in [0.05, 0.1) is 19.8 Å². The van der Waals surface area contributed by atoms with Gasteiger partial charge in [-0.3, -0.25) is 9.69 Å². The molecular weight excluding hydrogens is 301 g/mol. The second kappa shape index (κ2) is 9.05. The predicted octanol–water partition coefficient (Wildman–Crippen LogP) is 0.938. The normalized spacial score (nSPS) is 23.3. The topological polar surface area (TPSA) is 67.6 Å². The summed E-state index contributed by atoms with van der Waals surface area (Å²) in [4.78, 5) is 14.0. The average molecular weight is 328 g/mol. The SMILES string of the molecule is CC(NC(=O)CN)C1(N2CCOCC2)CCCC1.Cl.Cl. The molecule has 1 aliphatic heterocycles. The van der Waals surface area contributed by atoms with Crippen LogP contribution in [0, 0.1) is 0 Å². The van der Waals surface area contributed by atoms with E-state index in [-0.39, 0.29) is 48.8 Å². The summed E-state index contributed by atoms with van der Waals surface area (Å²) in [5.41, 5.74) is 5.51. The van der Waals surface area contributed by atoms with Crippen molar-refractivity contribution in [3.05, 3.63) is 0 Å². The summed E-state index contributed by atoms with van der Waals surface area (Å²) < 4.78 is 5.44. The van der Waals surface area contributed by atoms with E-state index in [2.05, 4.69) is 17.1 Å². The zero-order chi connectivity index (χ0) is 13.0. The van der Waals surface area contributed by atoms with Gasteiger partial charge in [0.1, 0.15) is 0 Å². The molecule has 2 aliphatic rings. The molecule has 0 aromatic rings. The Balaban J connectivity index is 0.00000180. The third kappa shape index (κ3) is 4.21. The Labute approximate surface area is 133 Å². The van der Waals surface area contributed by atoms with Crippen molar-refractivity contribution >= 4 is 30.7 Å². The second-order valence-electron chi connectivity index (χ2n) is 5.40. The van der Waals surface area contributed by atoms with Gasteiger partial charge < -0.3 is 15.8 Å². The molecule has 7 heteroatoms. The molecule has 2 fully saturated rings. The minimum atomic E-state index is -0.0537. The molecule has 1 amide bonds. The van der Waals surface area contributed by atoms with E-state index in [1.165, 1.54) is 25.7 Å². The smallest absolute Gasteiger partial charge is 0.234 e. The number of ether oxygens (including phenoxy) is 1. The minimum absolute atomic E-state index is 0. The lowest BCUT2D eigenvalue weighted by Crippen LogP contribution is -2.62. The number of rotatable bonds is 4. The molecule has 0 bridgehead atoms. The maximum atomic E-state index is 11.5. The summed E-state index contributed by atoms with van der Waals surface area (Å²) in [6.45, 7) is 5.75. The lowest BCUT2D eigenvalue weighted by molar-refractivity contribution is -0.122. The summed E-state index contributed by atoms with van der Waals surface area (Å²) in [6.07, 6.45) is 4.83. The van der Waals surface area contributed by atoms with Gasteiger partial charge in [-0.15, -0.1) is 24.8 Å². The molecule has 120 valence electrons. The Morgan fingerprint density at radius 2 is 1.85 bits per heavy atom. The molecule has 1 saturated carbocycles. The van der Waals surface area contributed by atoms with Crippen molar-refractivity contribution in [3.8, 4) is 0 Å². The molecule has 1 heterocycles. The number of amides is 1. The molecule has 0 spiro atoms. The summed E-state index contributed by atoms with van der Waals surface area (Å²) in [7, 11) is 0. The van der Waals surface area contributed by atoms with Crippen LogP contribution in [-0.2, 0) is 9.53 Å². The van der Waals surface area contributed by atoms with Gasteiger partial charge in [-0.05, 0) is 19.8 Å². The van der Waals surface area contributed by atoms with Crippen LogP contribution < -0.4 is 11.1 Å². The number of halogens is 2. The Morgan fingerprint density at radius 3 is 2.35 bits per heavy atom. The average Bonchev–Trinajstić information content (AvgIpc) is 2.90. The van der Waals surface area contributed by atoms with Gasteiger partial charge in [0.25, 0.3) is 0 Å². The number of hydrogen-bond donors (Lipinski definition) is 2. The first-order valence-corrected chi connectivity index (χ1v) is 7.01. The van der Waals surface area contributed by atoms with E-state index in [0.29, 0.717) is 0 Å². The highest BCUT2D eigenvalue weighted by Crippen LogP contribution is 2.38. The zero-order valence-corrected chi connectivity index (χ0v) is 13.7. The Bertz CT molecular complexity index is 293. The standard InChI is InChI=1S/C13H25N3O2.2ClH/c1-11(15-12(17)10-14)13(4-2-3-5-13)16-6-8-18-9-7-16;;/h11H,2-10,14H2,1H3,(H,15,17);2*1H. The summed E-state index contributed by atoms with van der Waals surface area (Å²) in [5.74, 6) is -0.0537. The maximum Gasteiger partial charge on any atom is 0.234 e. The van der Waals surface area contributed by atoms with Crippen molar-refractivity contribution < 1.29 is 9.53 Å². The van der Waals surface area contributed by atoms with Crippen molar-refractivity contribution in [2.75, 3.05) is 32.8 Å². The first-order valence-electron chi connectivity index (χ1n) is 7.01. The van der Waals surface area contributed by atoms with Gasteiger partial charge in [0.15, 0.2) is 0 Å². The first kappa shape index (κ1) is 19.9. The highest BCUT2D eigenvalue weighted by atomic mass is 35.5. The molecule has 1 unspecified atom stereocenters. The maximum absolute atomic E-state index is 11.5. The fourth-order valence-corrected chi connectivity index (χ4v) is 3.45. The lowest BCUT2D eigenvalue weighted by atomic mass is 9.86. The van der Waals surface area contributed by atoms with Crippen molar-refractivity contribution in [2.24, 2.45) is 5.73 Å². The molecule has 5 nitrogen and oxygen atoms in total. The third-order valence-corrected chi connectivity index (χ3v) is 4.48. The summed E-state index contributed by atoms with van der Waals surface area (Å²) >= 11 is 0. The number of morpholine rings is 1. The fourth-order valence-electron chi connectivity index (χ4n) is 3.45. The lowest BCUT2D eigenvalue weighted by Gasteiger charge is -2.47. The third-order valence-electron chi connectivity index (χ3n) is 4.48. The van der Waals surface area contributed by atoms with Gasteiger partial charge in [0, 0.05) is 24.7 Å². The number of nitrogens with two attached hydrogens (primary N) is 1. The molecule has 0 radical (unpaired) electrons. The first-order chi connectivity index (χ1) is 8.69. The van der Waals surface area contributed by atoms with Crippen molar-refractivity contribution in [1.82, 2.24) is 10.2 Å². The molecule has 0 aromatic heterocycles. The van der Waals surface area contributed by atoms with E-state index >= 15 is 0 Å². The Kier molecular flexibility index (Phi) is 9.02. The Morgan fingerprint density at radius 1 is 1.30 bits per heavy atom. The molecule has 1 atom stereocenters. The van der Waals surface area contributed by atoms with Crippen LogP contribution in [-0.4, -0.2) is 55.2 Å². The Hall–Kier alpha value is -0.0700. The fraction of sp³-hybridized carbons (Fsp3) is 0.923. The summed E-state index contributed by atoms with van der Waals surface area (Å²) in [6, 6.07) is 0.161. The minimum Gasteiger partial charge on any atom is -0.379 e. The highest BCUT2D eigenvalue weighted by Gasteiger charge is 2.44. The predicted molar refractivity (Wildman–Crippen MR) is 84.7 cm³/mol. The van der Waals surface area contributed by atoms with Crippen LogP contribution in [0.2, 0.25) is 0 Å². The van der Waals surface area contributed by atoms with Crippen molar-refractivity contribution in [1.29, 1.82) is 0 Å². The van der Waals surface area contributed by atoms with Crippen LogP contribution in [0.1, 0.15) is 32.6 Å². The molecule has 20 heavy (non-hydrogen) atoms. The number of nitrogens with zero attached hydrogens (tertiary/aromatic N) is 1. The molecular formula is C13H27Cl2N3O2. The molecule has 2 rings (SSSR count). The van der Waals surface area contributed by atoms with E-state index in [4.69, 9.17) is 10.5 Å². The van der Waals surface area contributed by atoms with Gasteiger partial charge in [0.2, 0.25) is 5.91 Å². The monoisotopic (exact) mass is 327 g/mol. The van der Waals surface area contributed by atoms with E-state index in [1.54, 1.807) is 0 Å². The van der Waals surface area contributed by atoms with E-state index in [9.17, 15) is 4.79 Å². The molecule has 3 N–H and O–H groups in total. The number of nitrogens with one attached hydrogen (secondary N) is 1. The largest absolute Gasteiger partial charge is 0.379 e. The van der Waals surface area contributed by atoms with E-state index in [0.717, 1.165) is 26.3 Å². The van der Waals surface area contributed by atoms with Crippen LogP contribution >= 0.6 is 24.8 Å². The summed E-state index contributed by atoms with van der Waals surface area (Å²) in [5, 5.41) is 3.06. The second-order valence-corrected chi connectivity index (χ2v) is 5.40. The number of carbonyl (C=O) groups is 1. The van der Waals surface area contributed by atoms with Crippen molar-refractivity contribution in [2.45, 2.75) is 44.2 Å². The number of hydrogen-bond acceptors (Lipinski definition) is 4. The zero-order valence-electron chi connectivity index (χ0n) is 12.1. The van der Waals surface area contributed by atoms with Gasteiger partial charge in [-0.25, -0.2) is 0 Å². The van der Waals surface area contributed by atoms with Crippen LogP contribution in [0.5, 0.6) is 0 Å². The van der Waals surface area contributed by atoms with Crippen LogP contribution in [0.25, 0.3) is 0 Å². The molecule has 0 aromatic carbocycles.